The van der Waals surface area contributed by atoms with Crippen molar-refractivity contribution >= 4 is 21.6 Å². The van der Waals surface area contributed by atoms with Gasteiger partial charge in [0.1, 0.15) is 0 Å². The molecule has 7 heteroatoms. The van der Waals surface area contributed by atoms with E-state index < -0.39 is 28.4 Å². The van der Waals surface area contributed by atoms with Crippen molar-refractivity contribution in [2.75, 3.05) is 0 Å². The number of nitro groups is 1. The lowest BCUT2D eigenvalue weighted by Gasteiger charge is -2.03. The zero-order valence-corrected chi connectivity index (χ0v) is 8.09. The van der Waals surface area contributed by atoms with Gasteiger partial charge >= 0.3 is 5.69 Å². The van der Waals surface area contributed by atoms with Gasteiger partial charge in [-0.05, 0) is 28.1 Å². The van der Waals surface area contributed by atoms with Gasteiger partial charge in [-0.3, -0.25) is 10.1 Å². The fourth-order valence-electron chi connectivity index (χ4n) is 0.892. The van der Waals surface area contributed by atoms with E-state index in [-0.39, 0.29) is 4.47 Å². The van der Waals surface area contributed by atoms with Gasteiger partial charge in [-0.25, -0.2) is 8.78 Å². The molecule has 0 unspecified atom stereocenters. The molecule has 0 aliphatic heterocycles. The maximum atomic E-state index is 13.1. The molecule has 1 aromatic rings. The highest BCUT2D eigenvalue weighted by Crippen LogP contribution is 2.33. The van der Waals surface area contributed by atoms with Crippen molar-refractivity contribution in [3.8, 4) is 0 Å². The predicted octanol–water partition coefficient (Wildman–Crippen LogP) is 3.43. The highest BCUT2D eigenvalue weighted by atomic mass is 79.9. The summed E-state index contributed by atoms with van der Waals surface area (Å²) >= 11 is 2.70. The van der Waals surface area contributed by atoms with Crippen LogP contribution in [0.5, 0.6) is 0 Å². The van der Waals surface area contributed by atoms with E-state index in [0.29, 0.717) is 0 Å². The maximum absolute atomic E-state index is 13.1. The van der Waals surface area contributed by atoms with E-state index in [0.717, 1.165) is 12.1 Å². The van der Waals surface area contributed by atoms with Crippen LogP contribution >= 0.6 is 15.9 Å². The Bertz CT molecular complexity index is 383. The second kappa shape index (κ2) is 3.95. The van der Waals surface area contributed by atoms with Crippen LogP contribution in [0.1, 0.15) is 12.0 Å². The van der Waals surface area contributed by atoms with Gasteiger partial charge in [0.2, 0.25) is 5.82 Å². The number of rotatable bonds is 2. The fourth-order valence-corrected chi connectivity index (χ4v) is 1.34. The fraction of sp³-hybridized carbons (Fsp3) is 0.143. The zero-order chi connectivity index (χ0) is 10.9. The number of nitro benzene ring substituents is 1. The van der Waals surface area contributed by atoms with Crippen LogP contribution in [-0.4, -0.2) is 4.92 Å². The summed E-state index contributed by atoms with van der Waals surface area (Å²) < 4.78 is 37.2. The van der Waals surface area contributed by atoms with E-state index in [1.165, 1.54) is 0 Å². The highest BCUT2D eigenvalue weighted by Gasteiger charge is 2.25. The minimum Gasteiger partial charge on any atom is -0.258 e. The number of alkyl halides is 2. The van der Waals surface area contributed by atoms with Gasteiger partial charge in [-0.15, -0.1) is 0 Å². The van der Waals surface area contributed by atoms with Crippen LogP contribution in [0.2, 0.25) is 0 Å². The lowest BCUT2D eigenvalue weighted by Crippen LogP contribution is -1.99. The monoisotopic (exact) mass is 269 g/mol. The molecule has 3 nitrogen and oxygen atoms in total. The number of benzene rings is 1. The second-order valence-corrected chi connectivity index (χ2v) is 3.21. The van der Waals surface area contributed by atoms with E-state index in [1.54, 1.807) is 0 Å². The first-order valence-electron chi connectivity index (χ1n) is 3.35. The molecule has 0 amide bonds. The van der Waals surface area contributed by atoms with Crippen molar-refractivity contribution < 1.29 is 18.1 Å². The van der Waals surface area contributed by atoms with Gasteiger partial charge in [-0.2, -0.15) is 4.39 Å². The molecule has 0 spiro atoms. The lowest BCUT2D eigenvalue weighted by atomic mass is 10.2. The molecule has 76 valence electrons. The zero-order valence-electron chi connectivity index (χ0n) is 6.51. The Kier molecular flexibility index (Phi) is 3.10. The molecule has 0 aromatic heterocycles. The van der Waals surface area contributed by atoms with Crippen LogP contribution in [0, 0.1) is 15.9 Å². The molecule has 0 saturated carbocycles. The Morgan fingerprint density at radius 2 is 2.00 bits per heavy atom. The molecule has 0 atom stereocenters. The quantitative estimate of drug-likeness (QED) is 0.610. The Hall–Kier alpha value is -1.11. The van der Waals surface area contributed by atoms with Crippen molar-refractivity contribution in [3.05, 3.63) is 38.1 Å². The molecule has 0 fully saturated rings. The molecule has 1 rings (SSSR count). The van der Waals surface area contributed by atoms with Crippen LogP contribution < -0.4 is 0 Å². The summed E-state index contributed by atoms with van der Waals surface area (Å²) in [5.41, 5.74) is -1.94. The van der Waals surface area contributed by atoms with E-state index in [4.69, 9.17) is 0 Å². The lowest BCUT2D eigenvalue weighted by molar-refractivity contribution is -0.388. The molecule has 0 bridgehead atoms. The summed E-state index contributed by atoms with van der Waals surface area (Å²) in [7, 11) is 0. The van der Waals surface area contributed by atoms with Crippen LogP contribution in [0.4, 0.5) is 18.9 Å². The third-order valence-electron chi connectivity index (χ3n) is 1.51. The average molecular weight is 270 g/mol. The molecule has 0 radical (unpaired) electrons. The van der Waals surface area contributed by atoms with Gasteiger partial charge < -0.3 is 0 Å². The summed E-state index contributed by atoms with van der Waals surface area (Å²) in [4.78, 5) is 9.26. The smallest absolute Gasteiger partial charge is 0.258 e. The highest BCUT2D eigenvalue weighted by molar-refractivity contribution is 9.10. The van der Waals surface area contributed by atoms with Gasteiger partial charge in [0, 0.05) is 0 Å². The first-order valence-corrected chi connectivity index (χ1v) is 4.15. The standard InChI is InChI=1S/C7H3BrF3NO2/c8-4-2-1-3(7(10)11)5(9)6(4)12(13)14/h1-2,7H. The normalized spacial score (nSPS) is 10.6. The summed E-state index contributed by atoms with van der Waals surface area (Å²) in [5.74, 6) is -1.50. The first kappa shape index (κ1) is 11.0. The first-order chi connectivity index (χ1) is 6.45. The molecule has 1 aromatic carbocycles. The van der Waals surface area contributed by atoms with Crippen LogP contribution in [0.3, 0.4) is 0 Å². The molecule has 14 heavy (non-hydrogen) atoms. The molecule has 0 saturated heterocycles. The van der Waals surface area contributed by atoms with Crippen LogP contribution in [0.25, 0.3) is 0 Å². The third-order valence-corrected chi connectivity index (χ3v) is 2.15. The minimum atomic E-state index is -3.07. The predicted molar refractivity (Wildman–Crippen MR) is 45.7 cm³/mol. The summed E-state index contributed by atoms with van der Waals surface area (Å²) in [5, 5.41) is 10.3. The van der Waals surface area contributed by atoms with Crippen LogP contribution in [-0.2, 0) is 0 Å². The molecular weight excluding hydrogens is 267 g/mol. The number of halogens is 4. The van der Waals surface area contributed by atoms with Gasteiger partial charge in [0.25, 0.3) is 6.43 Å². The second-order valence-electron chi connectivity index (χ2n) is 2.36. The number of hydrogen-bond acceptors (Lipinski definition) is 2. The minimum absolute atomic E-state index is 0.163. The van der Waals surface area contributed by atoms with Crippen molar-refractivity contribution in [2.45, 2.75) is 6.43 Å². The number of nitrogens with zero attached hydrogens (tertiary/aromatic N) is 1. The number of hydrogen-bond donors (Lipinski definition) is 0. The van der Waals surface area contributed by atoms with Crippen molar-refractivity contribution in [1.82, 2.24) is 0 Å². The maximum Gasteiger partial charge on any atom is 0.319 e. The molecular formula is C7H3BrF3NO2. The SMILES string of the molecule is O=[N+]([O-])c1c(Br)ccc(C(F)F)c1F. The Morgan fingerprint density at radius 3 is 2.43 bits per heavy atom. The summed E-state index contributed by atoms with van der Waals surface area (Å²) in [6, 6.07) is 1.82. The summed E-state index contributed by atoms with van der Waals surface area (Å²) in [6.07, 6.45) is -3.07. The van der Waals surface area contributed by atoms with E-state index in [1.807, 2.05) is 0 Å². The molecule has 0 aliphatic rings. The summed E-state index contributed by atoms with van der Waals surface area (Å²) in [6.45, 7) is 0. The Morgan fingerprint density at radius 1 is 1.43 bits per heavy atom. The van der Waals surface area contributed by atoms with Crippen molar-refractivity contribution in [2.24, 2.45) is 0 Å². The van der Waals surface area contributed by atoms with Gasteiger partial charge in [0.05, 0.1) is 15.0 Å². The largest absolute Gasteiger partial charge is 0.319 e. The van der Waals surface area contributed by atoms with Crippen molar-refractivity contribution in [1.29, 1.82) is 0 Å². The van der Waals surface area contributed by atoms with Gasteiger partial charge in [0.15, 0.2) is 0 Å². The van der Waals surface area contributed by atoms with Gasteiger partial charge in [-0.1, -0.05) is 0 Å². The average Bonchev–Trinajstić information content (AvgIpc) is 2.02. The Balaban J connectivity index is 3.41. The van der Waals surface area contributed by atoms with E-state index in [2.05, 4.69) is 15.9 Å². The molecule has 0 N–H and O–H groups in total. The Labute approximate surface area is 84.8 Å². The molecule has 0 heterocycles. The van der Waals surface area contributed by atoms with Crippen LogP contribution in [0.15, 0.2) is 16.6 Å². The van der Waals surface area contributed by atoms with Crippen molar-refractivity contribution in [3.63, 3.8) is 0 Å². The topological polar surface area (TPSA) is 43.1 Å². The molecule has 0 aliphatic carbocycles. The third kappa shape index (κ3) is 1.87. The van der Waals surface area contributed by atoms with E-state index in [9.17, 15) is 23.3 Å². The van der Waals surface area contributed by atoms with E-state index >= 15 is 0 Å².